The van der Waals surface area contributed by atoms with Gasteiger partial charge >= 0.3 is 6.18 Å². The maximum Gasteiger partial charge on any atom is 0.416 e. The molecular formula is C13H9BrCl2F3NS. The first-order valence-corrected chi connectivity index (χ1v) is 8.09. The van der Waals surface area contributed by atoms with Crippen molar-refractivity contribution in [2.45, 2.75) is 12.2 Å². The van der Waals surface area contributed by atoms with Crippen LogP contribution in [0.15, 0.2) is 28.7 Å². The first-order chi connectivity index (χ1) is 9.74. The molecule has 0 aliphatic rings. The molecule has 0 aliphatic heterocycles. The summed E-state index contributed by atoms with van der Waals surface area (Å²) in [5.74, 6) is 0. The Kier molecular flexibility index (Phi) is 5.26. The Morgan fingerprint density at radius 1 is 1.19 bits per heavy atom. The van der Waals surface area contributed by atoms with Crippen molar-refractivity contribution >= 4 is 50.5 Å². The molecule has 0 bridgehead atoms. The monoisotopic (exact) mass is 417 g/mol. The van der Waals surface area contributed by atoms with Crippen molar-refractivity contribution in [2.75, 3.05) is 7.05 Å². The molecule has 0 aliphatic carbocycles. The molecule has 0 amide bonds. The Bertz CT molecular complexity index is 657. The lowest BCUT2D eigenvalue weighted by Crippen LogP contribution is -2.21. The van der Waals surface area contributed by atoms with Gasteiger partial charge in [-0.1, -0.05) is 45.2 Å². The van der Waals surface area contributed by atoms with E-state index in [0.717, 1.165) is 17.4 Å². The van der Waals surface area contributed by atoms with E-state index in [0.29, 0.717) is 18.7 Å². The highest BCUT2D eigenvalue weighted by atomic mass is 79.9. The van der Waals surface area contributed by atoms with Crippen molar-refractivity contribution in [3.63, 3.8) is 0 Å². The molecular weight excluding hydrogens is 410 g/mol. The zero-order valence-corrected chi connectivity index (χ0v) is 14.5. The van der Waals surface area contributed by atoms with Gasteiger partial charge in [-0.25, -0.2) is 0 Å². The van der Waals surface area contributed by atoms with Gasteiger partial charge in [-0.15, -0.1) is 11.3 Å². The van der Waals surface area contributed by atoms with Crippen molar-refractivity contribution < 1.29 is 13.2 Å². The van der Waals surface area contributed by atoms with Crippen LogP contribution in [-0.2, 0) is 6.18 Å². The van der Waals surface area contributed by atoms with Crippen LogP contribution in [0.1, 0.15) is 22.7 Å². The molecule has 0 saturated carbocycles. The smallest absolute Gasteiger partial charge is 0.309 e. The van der Waals surface area contributed by atoms with Gasteiger partial charge in [0.25, 0.3) is 0 Å². The summed E-state index contributed by atoms with van der Waals surface area (Å²) in [7, 11) is 1.58. The van der Waals surface area contributed by atoms with Gasteiger partial charge in [-0.3, -0.25) is 0 Å². The number of benzene rings is 1. The van der Waals surface area contributed by atoms with Gasteiger partial charge < -0.3 is 5.32 Å². The first kappa shape index (κ1) is 17.1. The van der Waals surface area contributed by atoms with E-state index >= 15 is 0 Å². The molecule has 1 heterocycles. The van der Waals surface area contributed by atoms with Crippen LogP contribution in [0.2, 0.25) is 8.67 Å². The normalized spacial score (nSPS) is 13.5. The summed E-state index contributed by atoms with van der Waals surface area (Å²) >= 11 is 16.1. The predicted octanol–water partition coefficient (Wildman–Crippen LogP) is 6.15. The molecule has 0 saturated heterocycles. The Morgan fingerprint density at radius 2 is 1.86 bits per heavy atom. The van der Waals surface area contributed by atoms with Gasteiger partial charge in [0.2, 0.25) is 0 Å². The molecule has 0 spiro atoms. The van der Waals surface area contributed by atoms with Crippen molar-refractivity contribution in [1.82, 2.24) is 5.32 Å². The van der Waals surface area contributed by atoms with E-state index in [1.54, 1.807) is 19.2 Å². The Balaban J connectivity index is 2.60. The largest absolute Gasteiger partial charge is 0.416 e. The quantitative estimate of drug-likeness (QED) is 0.630. The number of hydrogen-bond acceptors (Lipinski definition) is 2. The maximum absolute atomic E-state index is 13.2. The molecule has 2 aromatic rings. The lowest BCUT2D eigenvalue weighted by molar-refractivity contribution is -0.138. The van der Waals surface area contributed by atoms with Gasteiger partial charge in [0, 0.05) is 10.0 Å². The summed E-state index contributed by atoms with van der Waals surface area (Å²) in [4.78, 5) is 0. The fraction of sp³-hybridized carbons (Fsp3) is 0.231. The predicted molar refractivity (Wildman–Crippen MR) is 84.4 cm³/mol. The number of nitrogens with one attached hydrogen (secondary N) is 1. The summed E-state index contributed by atoms with van der Waals surface area (Å²) in [6.45, 7) is 0. The highest BCUT2D eigenvalue weighted by Gasteiger charge is 2.36. The van der Waals surface area contributed by atoms with Crippen LogP contribution in [0.25, 0.3) is 0 Å². The average Bonchev–Trinajstić information content (AvgIpc) is 2.70. The van der Waals surface area contributed by atoms with Gasteiger partial charge in [-0.05, 0) is 30.8 Å². The van der Waals surface area contributed by atoms with Gasteiger partial charge in [-0.2, -0.15) is 13.2 Å². The third-order valence-electron chi connectivity index (χ3n) is 2.91. The Labute approximate surface area is 142 Å². The van der Waals surface area contributed by atoms with Gasteiger partial charge in [0.15, 0.2) is 0 Å². The number of halogens is 6. The molecule has 21 heavy (non-hydrogen) atoms. The summed E-state index contributed by atoms with van der Waals surface area (Å²) in [5.41, 5.74) is -0.0823. The van der Waals surface area contributed by atoms with Crippen molar-refractivity contribution in [2.24, 2.45) is 0 Å². The summed E-state index contributed by atoms with van der Waals surface area (Å²) in [6.07, 6.45) is -4.46. The maximum atomic E-state index is 13.2. The van der Waals surface area contributed by atoms with Crippen molar-refractivity contribution in [3.8, 4) is 0 Å². The summed E-state index contributed by atoms with van der Waals surface area (Å²) < 4.78 is 40.9. The zero-order chi connectivity index (χ0) is 15.8. The first-order valence-electron chi connectivity index (χ1n) is 5.72. The molecule has 1 N–H and O–H groups in total. The standard InChI is InChI=1S/C13H9BrCl2F3NS/c1-20-11(8-5-10(15)21-12(8)16)7-3-2-6(14)4-9(7)13(17,18)19/h2-5,11,20H,1H3. The molecule has 1 aromatic heterocycles. The molecule has 8 heteroatoms. The van der Waals surface area contributed by atoms with Crippen LogP contribution in [0.3, 0.4) is 0 Å². The molecule has 1 atom stereocenters. The van der Waals surface area contributed by atoms with Crippen LogP contribution < -0.4 is 5.32 Å². The minimum Gasteiger partial charge on any atom is -0.309 e. The zero-order valence-electron chi connectivity index (χ0n) is 10.6. The highest BCUT2D eigenvalue weighted by molar-refractivity contribution is 9.10. The van der Waals surface area contributed by atoms with Gasteiger partial charge in [0.1, 0.15) is 0 Å². The topological polar surface area (TPSA) is 12.0 Å². The molecule has 0 radical (unpaired) electrons. The van der Waals surface area contributed by atoms with Crippen LogP contribution in [0.5, 0.6) is 0 Å². The van der Waals surface area contributed by atoms with E-state index in [-0.39, 0.29) is 5.56 Å². The molecule has 1 nitrogen and oxygen atoms in total. The SMILES string of the molecule is CNC(c1ccc(Br)cc1C(F)(F)F)c1cc(Cl)sc1Cl. The second-order valence-corrected chi connectivity index (χ2v) is 7.43. The van der Waals surface area contributed by atoms with E-state index in [4.69, 9.17) is 23.2 Å². The van der Waals surface area contributed by atoms with E-state index in [2.05, 4.69) is 21.2 Å². The van der Waals surface area contributed by atoms with E-state index in [1.807, 2.05) is 0 Å². The number of hydrogen-bond donors (Lipinski definition) is 1. The molecule has 1 aromatic carbocycles. The lowest BCUT2D eigenvalue weighted by Gasteiger charge is -2.21. The summed E-state index contributed by atoms with van der Waals surface area (Å²) in [6, 6.07) is 4.94. The number of thiophene rings is 1. The van der Waals surface area contributed by atoms with Crippen LogP contribution in [0, 0.1) is 0 Å². The fourth-order valence-electron chi connectivity index (χ4n) is 2.05. The molecule has 0 fully saturated rings. The summed E-state index contributed by atoms with van der Waals surface area (Å²) in [5, 5.41) is 2.87. The Hall–Kier alpha value is -0.270. The van der Waals surface area contributed by atoms with Crippen molar-refractivity contribution in [3.05, 3.63) is 54.1 Å². The average molecular weight is 419 g/mol. The third-order valence-corrected chi connectivity index (χ3v) is 4.93. The lowest BCUT2D eigenvalue weighted by atomic mass is 9.96. The van der Waals surface area contributed by atoms with Crippen LogP contribution in [-0.4, -0.2) is 7.05 Å². The van der Waals surface area contributed by atoms with Crippen molar-refractivity contribution in [1.29, 1.82) is 0 Å². The van der Waals surface area contributed by atoms with E-state index < -0.39 is 17.8 Å². The minimum atomic E-state index is -4.46. The Morgan fingerprint density at radius 3 is 2.33 bits per heavy atom. The van der Waals surface area contributed by atoms with E-state index in [1.165, 1.54) is 6.07 Å². The van der Waals surface area contributed by atoms with Crippen LogP contribution >= 0.6 is 50.5 Å². The number of rotatable bonds is 3. The minimum absolute atomic E-state index is 0.101. The molecule has 114 valence electrons. The highest BCUT2D eigenvalue weighted by Crippen LogP contribution is 2.42. The molecule has 1 unspecified atom stereocenters. The van der Waals surface area contributed by atoms with E-state index in [9.17, 15) is 13.2 Å². The molecule has 2 rings (SSSR count). The van der Waals surface area contributed by atoms with Crippen LogP contribution in [0.4, 0.5) is 13.2 Å². The second-order valence-electron chi connectivity index (χ2n) is 4.23. The second kappa shape index (κ2) is 6.46. The third kappa shape index (κ3) is 3.74. The van der Waals surface area contributed by atoms with Gasteiger partial charge in [0.05, 0.1) is 20.3 Å². The number of alkyl halides is 3. The fourth-order valence-corrected chi connectivity index (χ4v) is 3.95.